The Labute approximate surface area is 90.0 Å². The summed E-state index contributed by atoms with van der Waals surface area (Å²) in [6.07, 6.45) is 7.42. The topological polar surface area (TPSA) is 69.6 Å². The van der Waals surface area contributed by atoms with Crippen LogP contribution in [0.3, 0.4) is 0 Å². The van der Waals surface area contributed by atoms with E-state index < -0.39 is 0 Å². The number of rotatable bonds is 4. The fourth-order valence-corrected chi connectivity index (χ4v) is 2.27. The summed E-state index contributed by atoms with van der Waals surface area (Å²) >= 11 is 0. The molecule has 15 heavy (non-hydrogen) atoms. The van der Waals surface area contributed by atoms with Crippen LogP contribution in [0.15, 0.2) is 0 Å². The number of nitrogens with two attached hydrogens (primary N) is 1. The Balaban J connectivity index is 2.02. The Hall–Kier alpha value is -0.970. The smallest absolute Gasteiger partial charge is 0.154 e. The normalized spacial score (nSPS) is 18.2. The van der Waals surface area contributed by atoms with E-state index in [-0.39, 0.29) is 0 Å². The molecular formula is C10H19N5. The summed E-state index contributed by atoms with van der Waals surface area (Å²) in [5.74, 6) is 1.65. The zero-order chi connectivity index (χ0) is 10.5. The molecule has 1 aromatic heterocycles. The molecule has 0 unspecified atom stereocenters. The maximum absolute atomic E-state index is 5.49. The molecule has 1 aromatic rings. The van der Waals surface area contributed by atoms with Crippen molar-refractivity contribution in [2.45, 2.75) is 51.0 Å². The van der Waals surface area contributed by atoms with Gasteiger partial charge in [-0.1, -0.05) is 19.3 Å². The van der Waals surface area contributed by atoms with Crippen molar-refractivity contribution < 1.29 is 0 Å². The molecule has 1 fully saturated rings. The van der Waals surface area contributed by atoms with Gasteiger partial charge in [0.2, 0.25) is 0 Å². The lowest BCUT2D eigenvalue weighted by Gasteiger charge is -2.20. The first kappa shape index (κ1) is 10.5. The van der Waals surface area contributed by atoms with Gasteiger partial charge in [-0.15, -0.1) is 5.10 Å². The molecule has 5 heteroatoms. The van der Waals surface area contributed by atoms with Gasteiger partial charge < -0.3 is 5.73 Å². The Morgan fingerprint density at radius 2 is 2.07 bits per heavy atom. The van der Waals surface area contributed by atoms with E-state index in [1.165, 1.54) is 32.1 Å². The lowest BCUT2D eigenvalue weighted by Crippen LogP contribution is -2.15. The summed E-state index contributed by atoms with van der Waals surface area (Å²) in [7, 11) is 0. The highest BCUT2D eigenvalue weighted by Crippen LogP contribution is 2.30. The molecule has 0 saturated heterocycles. The van der Waals surface area contributed by atoms with Crippen molar-refractivity contribution in [1.82, 2.24) is 20.2 Å². The zero-order valence-corrected chi connectivity index (χ0v) is 9.10. The van der Waals surface area contributed by atoms with Gasteiger partial charge in [0.1, 0.15) is 0 Å². The summed E-state index contributed by atoms with van der Waals surface area (Å²) in [5.41, 5.74) is 5.49. The molecular weight excluding hydrogens is 190 g/mol. The average Bonchev–Trinajstić information content (AvgIpc) is 2.75. The van der Waals surface area contributed by atoms with Crippen molar-refractivity contribution in [3.63, 3.8) is 0 Å². The highest BCUT2D eigenvalue weighted by Gasteiger charge is 2.21. The van der Waals surface area contributed by atoms with Gasteiger partial charge in [0.05, 0.1) is 0 Å². The third kappa shape index (κ3) is 2.53. The molecule has 1 heterocycles. The molecule has 0 aliphatic heterocycles. The van der Waals surface area contributed by atoms with Crippen molar-refractivity contribution in [3.8, 4) is 0 Å². The average molecular weight is 209 g/mol. The van der Waals surface area contributed by atoms with Crippen LogP contribution >= 0.6 is 0 Å². The Morgan fingerprint density at radius 3 is 2.80 bits per heavy atom. The highest BCUT2D eigenvalue weighted by atomic mass is 15.5. The van der Waals surface area contributed by atoms with Crippen LogP contribution in [-0.2, 0) is 6.54 Å². The largest absolute Gasteiger partial charge is 0.330 e. The third-order valence-electron chi connectivity index (χ3n) is 3.10. The summed E-state index contributed by atoms with van der Waals surface area (Å²) in [4.78, 5) is 0. The number of aromatic nitrogens is 4. The van der Waals surface area contributed by atoms with Gasteiger partial charge in [0.25, 0.3) is 0 Å². The van der Waals surface area contributed by atoms with E-state index in [0.29, 0.717) is 12.5 Å². The van der Waals surface area contributed by atoms with Crippen molar-refractivity contribution in [2.24, 2.45) is 5.73 Å². The van der Waals surface area contributed by atoms with Crippen LogP contribution < -0.4 is 5.73 Å². The van der Waals surface area contributed by atoms with E-state index >= 15 is 0 Å². The minimum atomic E-state index is 0.575. The lowest BCUT2D eigenvalue weighted by molar-refractivity contribution is 0.405. The number of tetrazole rings is 1. The molecule has 0 spiro atoms. The molecule has 1 aliphatic rings. The summed E-state index contributed by atoms with van der Waals surface area (Å²) in [5, 5.41) is 12.0. The quantitative estimate of drug-likeness (QED) is 0.805. The van der Waals surface area contributed by atoms with Gasteiger partial charge in [-0.25, -0.2) is 4.68 Å². The van der Waals surface area contributed by atoms with Crippen molar-refractivity contribution in [2.75, 3.05) is 6.54 Å². The van der Waals surface area contributed by atoms with Gasteiger partial charge in [-0.05, 0) is 36.2 Å². The third-order valence-corrected chi connectivity index (χ3v) is 3.10. The van der Waals surface area contributed by atoms with Crippen molar-refractivity contribution in [1.29, 1.82) is 0 Å². The molecule has 5 nitrogen and oxygen atoms in total. The molecule has 1 aliphatic carbocycles. The number of nitrogens with zero attached hydrogens (tertiary/aromatic N) is 4. The predicted molar refractivity (Wildman–Crippen MR) is 57.3 cm³/mol. The van der Waals surface area contributed by atoms with Crippen LogP contribution in [0.1, 0.15) is 50.3 Å². The van der Waals surface area contributed by atoms with Crippen molar-refractivity contribution in [3.05, 3.63) is 5.82 Å². The predicted octanol–water partition coefficient (Wildman–Crippen LogP) is 1.07. The van der Waals surface area contributed by atoms with Gasteiger partial charge >= 0.3 is 0 Å². The second-order valence-corrected chi connectivity index (χ2v) is 4.24. The molecule has 0 aromatic carbocycles. The summed E-state index contributed by atoms with van der Waals surface area (Å²) in [6.45, 7) is 1.55. The second kappa shape index (κ2) is 5.21. The highest BCUT2D eigenvalue weighted by molar-refractivity contribution is 4.95. The van der Waals surface area contributed by atoms with Gasteiger partial charge in [0.15, 0.2) is 5.82 Å². The fraction of sp³-hybridized carbons (Fsp3) is 0.900. The van der Waals surface area contributed by atoms with Gasteiger partial charge in [-0.3, -0.25) is 0 Å². The number of hydrogen-bond acceptors (Lipinski definition) is 4. The van der Waals surface area contributed by atoms with E-state index in [1.54, 1.807) is 0 Å². The number of hydrogen-bond donors (Lipinski definition) is 1. The molecule has 2 N–H and O–H groups in total. The second-order valence-electron chi connectivity index (χ2n) is 4.24. The first-order valence-electron chi connectivity index (χ1n) is 5.88. The molecule has 0 amide bonds. The minimum Gasteiger partial charge on any atom is -0.330 e. The molecule has 0 atom stereocenters. The van der Waals surface area contributed by atoms with E-state index in [1.807, 2.05) is 4.68 Å². The zero-order valence-electron chi connectivity index (χ0n) is 9.10. The first-order chi connectivity index (χ1) is 7.42. The maximum atomic E-state index is 5.49. The molecule has 84 valence electrons. The summed E-state index contributed by atoms with van der Waals surface area (Å²) < 4.78 is 1.93. The van der Waals surface area contributed by atoms with Gasteiger partial charge in [0, 0.05) is 12.5 Å². The van der Waals surface area contributed by atoms with E-state index in [4.69, 9.17) is 5.73 Å². The summed E-state index contributed by atoms with van der Waals surface area (Å²) in [6, 6.07) is 0. The molecule has 1 saturated carbocycles. The Morgan fingerprint density at radius 1 is 1.27 bits per heavy atom. The van der Waals surface area contributed by atoms with Crippen LogP contribution in [0, 0.1) is 0 Å². The van der Waals surface area contributed by atoms with E-state index in [0.717, 1.165) is 18.8 Å². The standard InChI is InChI=1S/C10H19N5/c11-7-4-8-15-10(12-13-14-15)9-5-2-1-3-6-9/h9H,1-8,11H2. The van der Waals surface area contributed by atoms with Crippen LogP contribution in [0.4, 0.5) is 0 Å². The monoisotopic (exact) mass is 209 g/mol. The van der Waals surface area contributed by atoms with E-state index in [2.05, 4.69) is 15.5 Å². The molecule has 2 rings (SSSR count). The molecule has 0 bridgehead atoms. The van der Waals surface area contributed by atoms with Gasteiger partial charge in [-0.2, -0.15) is 0 Å². The van der Waals surface area contributed by atoms with Crippen LogP contribution in [0.2, 0.25) is 0 Å². The van der Waals surface area contributed by atoms with Crippen LogP contribution in [-0.4, -0.2) is 26.8 Å². The van der Waals surface area contributed by atoms with E-state index in [9.17, 15) is 0 Å². The van der Waals surface area contributed by atoms with Crippen LogP contribution in [0.5, 0.6) is 0 Å². The Kier molecular flexibility index (Phi) is 3.66. The SMILES string of the molecule is NCCCn1nnnc1C1CCCCC1. The first-order valence-corrected chi connectivity index (χ1v) is 5.88. The molecule has 0 radical (unpaired) electrons. The fourth-order valence-electron chi connectivity index (χ4n) is 2.27. The lowest BCUT2D eigenvalue weighted by atomic mass is 9.89. The number of aryl methyl sites for hydroxylation is 1. The van der Waals surface area contributed by atoms with Crippen LogP contribution in [0.25, 0.3) is 0 Å². The maximum Gasteiger partial charge on any atom is 0.154 e. The van der Waals surface area contributed by atoms with Crippen molar-refractivity contribution >= 4 is 0 Å². The minimum absolute atomic E-state index is 0.575. The Bertz CT molecular complexity index is 290.